The highest BCUT2D eigenvalue weighted by Crippen LogP contribution is 2.37. The van der Waals surface area contributed by atoms with Crippen LogP contribution in [0.4, 0.5) is 15.8 Å². The molecule has 0 unspecified atom stereocenters. The molecular formula is C20H17FN4O3S. The van der Waals surface area contributed by atoms with Crippen molar-refractivity contribution in [3.8, 4) is 11.5 Å². The largest absolute Gasteiger partial charge is 0.411 e. The van der Waals surface area contributed by atoms with Crippen molar-refractivity contribution in [2.45, 2.75) is 24.6 Å². The Hall–Kier alpha value is -3.20. The number of halogens is 1. The van der Waals surface area contributed by atoms with E-state index in [0.717, 1.165) is 11.8 Å². The number of para-hydroxylation sites is 2. The highest BCUT2D eigenvalue weighted by atomic mass is 32.2. The molecular weight excluding hydrogens is 395 g/mol. The second-order valence-electron chi connectivity index (χ2n) is 6.90. The number of amides is 2. The normalized spacial score (nSPS) is 15.0. The molecule has 148 valence electrons. The van der Waals surface area contributed by atoms with Gasteiger partial charge < -0.3 is 9.73 Å². The van der Waals surface area contributed by atoms with Crippen LogP contribution in [-0.2, 0) is 9.59 Å². The summed E-state index contributed by atoms with van der Waals surface area (Å²) in [6.45, 7) is 3.37. The molecule has 9 heteroatoms. The van der Waals surface area contributed by atoms with Gasteiger partial charge in [-0.05, 0) is 38.1 Å². The van der Waals surface area contributed by atoms with Crippen molar-refractivity contribution >= 4 is 35.0 Å². The third-order valence-corrected chi connectivity index (χ3v) is 5.39. The van der Waals surface area contributed by atoms with Crippen LogP contribution < -0.4 is 10.2 Å². The number of nitrogens with one attached hydrogen (secondary N) is 1. The quantitative estimate of drug-likeness (QED) is 0.657. The van der Waals surface area contributed by atoms with E-state index in [0.29, 0.717) is 11.4 Å². The Morgan fingerprint density at radius 3 is 2.69 bits per heavy atom. The molecule has 2 amide bonds. The molecule has 0 fully saturated rings. The molecule has 1 aromatic heterocycles. The Balaban J connectivity index is 1.53. The predicted octanol–water partition coefficient (Wildman–Crippen LogP) is 3.73. The third-order valence-electron chi connectivity index (χ3n) is 4.59. The Morgan fingerprint density at radius 1 is 1.17 bits per heavy atom. The number of anilines is 2. The van der Waals surface area contributed by atoms with Crippen LogP contribution in [0.3, 0.4) is 0 Å². The second-order valence-corrected chi connectivity index (χ2v) is 7.83. The van der Waals surface area contributed by atoms with Crippen molar-refractivity contribution in [2.75, 3.05) is 16.0 Å². The summed E-state index contributed by atoms with van der Waals surface area (Å²) in [5, 5.41) is 10.7. The van der Waals surface area contributed by atoms with Gasteiger partial charge in [-0.2, -0.15) is 0 Å². The van der Waals surface area contributed by atoms with Crippen LogP contribution in [0.5, 0.6) is 0 Å². The average Bonchev–Trinajstić information content (AvgIpc) is 3.16. The molecule has 0 radical (unpaired) electrons. The van der Waals surface area contributed by atoms with Crippen LogP contribution in [0.25, 0.3) is 11.5 Å². The van der Waals surface area contributed by atoms with Gasteiger partial charge in [-0.15, -0.1) is 10.2 Å². The number of nitrogens with zero attached hydrogens (tertiary/aromatic N) is 3. The van der Waals surface area contributed by atoms with Gasteiger partial charge in [0.1, 0.15) is 11.4 Å². The molecule has 7 nitrogen and oxygen atoms in total. The first-order valence-electron chi connectivity index (χ1n) is 8.82. The van der Waals surface area contributed by atoms with Gasteiger partial charge in [-0.1, -0.05) is 36.0 Å². The molecule has 0 spiro atoms. The smallest absolute Gasteiger partial charge is 0.277 e. The lowest BCUT2D eigenvalue weighted by Crippen LogP contribution is -2.58. The molecule has 4 rings (SSSR count). The van der Waals surface area contributed by atoms with Crippen molar-refractivity contribution in [1.82, 2.24) is 10.2 Å². The monoisotopic (exact) mass is 412 g/mol. The molecule has 3 aromatic rings. The molecule has 1 N–H and O–H groups in total. The molecule has 0 atom stereocenters. The van der Waals surface area contributed by atoms with E-state index in [1.54, 1.807) is 50.2 Å². The summed E-state index contributed by atoms with van der Waals surface area (Å²) in [7, 11) is 0. The fourth-order valence-electron chi connectivity index (χ4n) is 3.10. The average molecular weight is 412 g/mol. The number of thioether (sulfide) groups is 1. The van der Waals surface area contributed by atoms with E-state index in [1.165, 1.54) is 17.0 Å². The molecule has 1 aliphatic heterocycles. The summed E-state index contributed by atoms with van der Waals surface area (Å²) in [6.07, 6.45) is 0. The molecule has 0 aliphatic carbocycles. The minimum absolute atomic E-state index is 0.0239. The molecule has 0 bridgehead atoms. The summed E-state index contributed by atoms with van der Waals surface area (Å²) >= 11 is 1.03. The summed E-state index contributed by atoms with van der Waals surface area (Å²) in [5.41, 5.74) is 0.343. The lowest BCUT2D eigenvalue weighted by molar-refractivity contribution is -0.125. The summed E-state index contributed by atoms with van der Waals surface area (Å²) in [5.74, 6) is -1.01. The molecule has 0 saturated heterocycles. The van der Waals surface area contributed by atoms with Crippen LogP contribution in [0.15, 0.2) is 58.2 Å². The van der Waals surface area contributed by atoms with Crippen LogP contribution >= 0.6 is 11.8 Å². The number of hydrogen-bond acceptors (Lipinski definition) is 6. The first-order valence-corrected chi connectivity index (χ1v) is 9.81. The van der Waals surface area contributed by atoms with Gasteiger partial charge in [0.2, 0.25) is 11.8 Å². The summed E-state index contributed by atoms with van der Waals surface area (Å²) in [6, 6.07) is 13.2. The maximum atomic E-state index is 13.9. The summed E-state index contributed by atoms with van der Waals surface area (Å²) in [4.78, 5) is 26.9. The Kier molecular flexibility index (Phi) is 4.83. The molecule has 0 saturated carbocycles. The molecule has 1 aliphatic rings. The van der Waals surface area contributed by atoms with Gasteiger partial charge in [0.15, 0.2) is 0 Å². The number of carbonyl (C=O) groups excluding carboxylic acids is 2. The van der Waals surface area contributed by atoms with Gasteiger partial charge in [0.05, 0.1) is 22.7 Å². The number of aromatic nitrogens is 2. The van der Waals surface area contributed by atoms with E-state index in [2.05, 4.69) is 15.5 Å². The number of fused-ring (bicyclic) bond motifs is 1. The number of rotatable bonds is 4. The zero-order chi connectivity index (χ0) is 20.6. The number of carbonyl (C=O) groups is 2. The van der Waals surface area contributed by atoms with Crippen LogP contribution in [-0.4, -0.2) is 33.3 Å². The van der Waals surface area contributed by atoms with Crippen molar-refractivity contribution in [2.24, 2.45) is 0 Å². The Labute approximate surface area is 170 Å². The first kappa shape index (κ1) is 19.1. The molecule has 29 heavy (non-hydrogen) atoms. The van der Waals surface area contributed by atoms with E-state index in [1.807, 2.05) is 0 Å². The Bertz CT molecular complexity index is 1100. The van der Waals surface area contributed by atoms with E-state index in [9.17, 15) is 14.0 Å². The fraction of sp³-hybridized carbons (Fsp3) is 0.200. The van der Waals surface area contributed by atoms with Gasteiger partial charge in [0, 0.05) is 0 Å². The zero-order valence-electron chi connectivity index (χ0n) is 15.7. The fourth-order valence-corrected chi connectivity index (χ4v) is 3.71. The molecule has 2 aromatic carbocycles. The van der Waals surface area contributed by atoms with E-state index in [-0.39, 0.29) is 34.2 Å². The second kappa shape index (κ2) is 7.32. The highest BCUT2D eigenvalue weighted by Gasteiger charge is 2.43. The zero-order valence-corrected chi connectivity index (χ0v) is 16.5. The maximum absolute atomic E-state index is 13.9. The van der Waals surface area contributed by atoms with Crippen molar-refractivity contribution in [3.63, 3.8) is 0 Å². The lowest BCUT2D eigenvalue weighted by Gasteiger charge is -2.42. The summed E-state index contributed by atoms with van der Waals surface area (Å²) < 4.78 is 19.4. The van der Waals surface area contributed by atoms with Crippen molar-refractivity contribution in [1.29, 1.82) is 0 Å². The van der Waals surface area contributed by atoms with Crippen LogP contribution in [0.2, 0.25) is 0 Å². The van der Waals surface area contributed by atoms with Gasteiger partial charge in [-0.3, -0.25) is 14.5 Å². The van der Waals surface area contributed by atoms with Crippen LogP contribution in [0, 0.1) is 5.82 Å². The van der Waals surface area contributed by atoms with E-state index < -0.39 is 11.4 Å². The van der Waals surface area contributed by atoms with Gasteiger partial charge >= 0.3 is 0 Å². The predicted molar refractivity (Wildman–Crippen MR) is 107 cm³/mol. The lowest BCUT2D eigenvalue weighted by atomic mass is 9.96. The van der Waals surface area contributed by atoms with Crippen molar-refractivity contribution in [3.05, 3.63) is 54.3 Å². The van der Waals surface area contributed by atoms with Crippen molar-refractivity contribution < 1.29 is 18.4 Å². The van der Waals surface area contributed by atoms with Gasteiger partial charge in [-0.25, -0.2) is 4.39 Å². The standard InChI is InChI=1S/C20H17FN4O3S/c1-20(2)18(27)22-14-9-5-6-10-15(14)25(20)16(26)11-29-19-24-23-17(28-19)12-7-3-4-8-13(12)21/h3-10H,11H2,1-2H3,(H,22,27). The van der Waals surface area contributed by atoms with Crippen LogP contribution in [0.1, 0.15) is 13.8 Å². The topological polar surface area (TPSA) is 88.3 Å². The number of benzene rings is 2. The van der Waals surface area contributed by atoms with Gasteiger partial charge in [0.25, 0.3) is 11.1 Å². The SMILES string of the molecule is CC1(C)C(=O)Nc2ccccc2N1C(=O)CSc1nnc(-c2ccccc2F)o1. The first-order chi connectivity index (χ1) is 13.9. The molecule has 2 heterocycles. The maximum Gasteiger partial charge on any atom is 0.277 e. The third kappa shape index (κ3) is 3.49. The minimum atomic E-state index is -1.06. The van der Waals surface area contributed by atoms with E-state index in [4.69, 9.17) is 4.42 Å². The highest BCUT2D eigenvalue weighted by molar-refractivity contribution is 7.99. The minimum Gasteiger partial charge on any atom is -0.411 e. The van der Waals surface area contributed by atoms with E-state index >= 15 is 0 Å². The Morgan fingerprint density at radius 2 is 1.90 bits per heavy atom. The number of hydrogen-bond donors (Lipinski definition) is 1.